The van der Waals surface area contributed by atoms with Crippen LogP contribution in [0.15, 0.2) is 48.5 Å². The third-order valence-corrected chi connectivity index (χ3v) is 4.80. The van der Waals surface area contributed by atoms with Gasteiger partial charge in [0.1, 0.15) is 5.75 Å². The highest BCUT2D eigenvalue weighted by molar-refractivity contribution is 5.28. The molecule has 1 aliphatic rings. The number of hydrogen-bond donors (Lipinski definition) is 1. The van der Waals surface area contributed by atoms with E-state index in [1.807, 2.05) is 12.1 Å². The van der Waals surface area contributed by atoms with Crippen molar-refractivity contribution in [2.75, 3.05) is 20.6 Å². The fourth-order valence-electron chi connectivity index (χ4n) is 3.60. The van der Waals surface area contributed by atoms with Gasteiger partial charge in [0.15, 0.2) is 0 Å². The van der Waals surface area contributed by atoms with Gasteiger partial charge in [-0.1, -0.05) is 42.8 Å². The Bertz CT molecular complexity index is 634. The number of phenolic OH excluding ortho intramolecular Hbond substituents is 1. The first-order valence-electron chi connectivity index (χ1n) is 8.87. The van der Waals surface area contributed by atoms with E-state index in [-0.39, 0.29) is 0 Å². The summed E-state index contributed by atoms with van der Waals surface area (Å²) in [6.07, 6.45) is 3.80. The van der Waals surface area contributed by atoms with Gasteiger partial charge < -0.3 is 10.0 Å². The Balaban J connectivity index is 1.72. The summed E-state index contributed by atoms with van der Waals surface area (Å²) < 4.78 is 0. The predicted octanol–water partition coefficient (Wildman–Crippen LogP) is 4.18. The number of rotatable bonds is 5. The maximum Gasteiger partial charge on any atom is 0.115 e. The van der Waals surface area contributed by atoms with Crippen molar-refractivity contribution < 1.29 is 5.11 Å². The van der Waals surface area contributed by atoms with E-state index in [0.717, 1.165) is 19.6 Å². The van der Waals surface area contributed by atoms with Gasteiger partial charge in [0.05, 0.1) is 0 Å². The minimum atomic E-state index is 0.338. The summed E-state index contributed by atoms with van der Waals surface area (Å²) in [5.41, 5.74) is 4.06. The molecule has 1 saturated heterocycles. The highest BCUT2D eigenvalue weighted by Crippen LogP contribution is 2.32. The molecular weight excluding hydrogens is 296 g/mol. The Morgan fingerprint density at radius 1 is 0.958 bits per heavy atom. The van der Waals surface area contributed by atoms with E-state index in [4.69, 9.17) is 0 Å². The van der Waals surface area contributed by atoms with Gasteiger partial charge in [-0.3, -0.25) is 4.90 Å². The van der Waals surface area contributed by atoms with E-state index in [9.17, 15) is 5.11 Å². The third kappa shape index (κ3) is 4.37. The van der Waals surface area contributed by atoms with Crippen molar-refractivity contribution in [1.82, 2.24) is 9.80 Å². The molecule has 0 radical (unpaired) electrons. The lowest BCUT2D eigenvalue weighted by atomic mass is 9.94. The van der Waals surface area contributed by atoms with Crippen LogP contribution in [-0.2, 0) is 13.1 Å². The minimum absolute atomic E-state index is 0.338. The molecule has 3 nitrogen and oxygen atoms in total. The van der Waals surface area contributed by atoms with Crippen LogP contribution in [0.5, 0.6) is 5.75 Å². The van der Waals surface area contributed by atoms with Gasteiger partial charge in [-0.2, -0.15) is 0 Å². The summed E-state index contributed by atoms with van der Waals surface area (Å²) in [7, 11) is 4.21. The van der Waals surface area contributed by atoms with Crippen molar-refractivity contribution in [3.8, 4) is 5.75 Å². The fourth-order valence-corrected chi connectivity index (χ4v) is 3.60. The van der Waals surface area contributed by atoms with Crippen LogP contribution in [0.25, 0.3) is 0 Å². The summed E-state index contributed by atoms with van der Waals surface area (Å²) >= 11 is 0. The number of hydrogen-bond acceptors (Lipinski definition) is 3. The lowest BCUT2D eigenvalue weighted by molar-refractivity contribution is 0.140. The molecule has 3 heteroatoms. The molecule has 1 atom stereocenters. The Labute approximate surface area is 145 Å². The average molecular weight is 324 g/mol. The van der Waals surface area contributed by atoms with E-state index >= 15 is 0 Å². The first-order chi connectivity index (χ1) is 11.6. The van der Waals surface area contributed by atoms with Crippen LogP contribution in [0.4, 0.5) is 0 Å². The van der Waals surface area contributed by atoms with Crippen LogP contribution in [0.3, 0.4) is 0 Å². The van der Waals surface area contributed by atoms with E-state index < -0.39 is 0 Å². The highest BCUT2D eigenvalue weighted by Gasteiger charge is 2.23. The summed E-state index contributed by atoms with van der Waals surface area (Å²) in [6, 6.07) is 17.3. The zero-order chi connectivity index (χ0) is 16.9. The summed E-state index contributed by atoms with van der Waals surface area (Å²) in [6.45, 7) is 3.08. The monoisotopic (exact) mass is 324 g/mol. The zero-order valence-electron chi connectivity index (χ0n) is 14.8. The van der Waals surface area contributed by atoms with Crippen molar-refractivity contribution in [2.45, 2.75) is 38.4 Å². The van der Waals surface area contributed by atoms with Gasteiger partial charge in [-0.05, 0) is 62.3 Å². The van der Waals surface area contributed by atoms with Crippen LogP contribution in [0.1, 0.15) is 42.0 Å². The Kier molecular flexibility index (Phi) is 5.54. The van der Waals surface area contributed by atoms with Crippen LogP contribution in [0, 0.1) is 0 Å². The first kappa shape index (κ1) is 17.0. The second-order valence-electron chi connectivity index (χ2n) is 7.13. The van der Waals surface area contributed by atoms with E-state index in [1.54, 1.807) is 12.1 Å². The topological polar surface area (TPSA) is 26.7 Å². The molecule has 1 N–H and O–H groups in total. The SMILES string of the molecule is CN(C)Cc1ccc(C2CCCCN2Cc2ccc(O)cc2)cc1. The van der Waals surface area contributed by atoms with Crippen LogP contribution in [-0.4, -0.2) is 35.5 Å². The number of benzene rings is 2. The standard InChI is InChI=1S/C21H28N2O/c1-22(2)15-17-6-10-19(11-7-17)21-5-3-4-14-23(21)16-18-8-12-20(24)13-9-18/h6-13,21,24H,3-5,14-16H2,1-2H3. The van der Waals surface area contributed by atoms with E-state index in [1.165, 1.54) is 36.0 Å². The number of phenols is 1. The van der Waals surface area contributed by atoms with Crippen molar-refractivity contribution in [3.63, 3.8) is 0 Å². The maximum absolute atomic E-state index is 9.46. The molecule has 0 amide bonds. The summed E-state index contributed by atoms with van der Waals surface area (Å²) in [4.78, 5) is 4.78. The molecule has 0 aliphatic carbocycles. The van der Waals surface area contributed by atoms with Gasteiger partial charge in [-0.25, -0.2) is 0 Å². The second-order valence-corrected chi connectivity index (χ2v) is 7.13. The molecule has 2 aromatic carbocycles. The molecule has 128 valence electrons. The molecule has 1 aliphatic heterocycles. The lowest BCUT2D eigenvalue weighted by Gasteiger charge is -2.36. The molecule has 0 spiro atoms. The predicted molar refractivity (Wildman–Crippen MR) is 98.9 cm³/mol. The second kappa shape index (κ2) is 7.82. The number of piperidine rings is 1. The smallest absolute Gasteiger partial charge is 0.115 e. The van der Waals surface area contributed by atoms with Crippen LogP contribution < -0.4 is 0 Å². The molecule has 0 bridgehead atoms. The number of likely N-dealkylation sites (tertiary alicyclic amines) is 1. The molecule has 0 aromatic heterocycles. The molecule has 1 heterocycles. The minimum Gasteiger partial charge on any atom is -0.508 e. The zero-order valence-corrected chi connectivity index (χ0v) is 14.8. The van der Waals surface area contributed by atoms with Gasteiger partial charge in [0.25, 0.3) is 0 Å². The molecular formula is C21H28N2O. The largest absolute Gasteiger partial charge is 0.508 e. The highest BCUT2D eigenvalue weighted by atomic mass is 16.3. The van der Waals surface area contributed by atoms with Crippen LogP contribution >= 0.6 is 0 Å². The van der Waals surface area contributed by atoms with Crippen molar-refractivity contribution in [3.05, 3.63) is 65.2 Å². The molecule has 2 aromatic rings. The van der Waals surface area contributed by atoms with Gasteiger partial charge in [0, 0.05) is 19.1 Å². The van der Waals surface area contributed by atoms with Gasteiger partial charge in [0.2, 0.25) is 0 Å². The Morgan fingerprint density at radius 2 is 1.62 bits per heavy atom. The van der Waals surface area contributed by atoms with Crippen molar-refractivity contribution in [2.24, 2.45) is 0 Å². The average Bonchev–Trinajstić information content (AvgIpc) is 2.58. The quantitative estimate of drug-likeness (QED) is 0.894. The molecule has 24 heavy (non-hydrogen) atoms. The van der Waals surface area contributed by atoms with Gasteiger partial charge >= 0.3 is 0 Å². The number of nitrogens with zero attached hydrogens (tertiary/aromatic N) is 2. The molecule has 0 saturated carbocycles. The Hall–Kier alpha value is -1.84. The molecule has 1 fully saturated rings. The Morgan fingerprint density at radius 3 is 2.29 bits per heavy atom. The number of aromatic hydroxyl groups is 1. The summed E-state index contributed by atoms with van der Waals surface area (Å²) in [5.74, 6) is 0.338. The van der Waals surface area contributed by atoms with Crippen LogP contribution in [0.2, 0.25) is 0 Å². The lowest BCUT2D eigenvalue weighted by Crippen LogP contribution is -2.32. The third-order valence-electron chi connectivity index (χ3n) is 4.80. The van der Waals surface area contributed by atoms with E-state index in [2.05, 4.69) is 48.2 Å². The normalized spacial score (nSPS) is 18.9. The van der Waals surface area contributed by atoms with Crippen molar-refractivity contribution in [1.29, 1.82) is 0 Å². The van der Waals surface area contributed by atoms with E-state index in [0.29, 0.717) is 11.8 Å². The maximum atomic E-state index is 9.46. The fraction of sp³-hybridized carbons (Fsp3) is 0.429. The van der Waals surface area contributed by atoms with Gasteiger partial charge in [-0.15, -0.1) is 0 Å². The van der Waals surface area contributed by atoms with Crippen molar-refractivity contribution >= 4 is 0 Å². The molecule has 1 unspecified atom stereocenters. The molecule has 3 rings (SSSR count). The summed E-state index contributed by atoms with van der Waals surface area (Å²) in [5, 5.41) is 9.46. The first-order valence-corrected chi connectivity index (χ1v) is 8.87.